The number of aliphatic carboxylic acids is 1. The smallest absolute Gasteiger partial charge is 0.309 e. The lowest BCUT2D eigenvalue weighted by molar-refractivity contribution is -0.148. The van der Waals surface area contributed by atoms with Crippen molar-refractivity contribution in [3.63, 3.8) is 0 Å². The maximum Gasteiger partial charge on any atom is 0.309 e. The topological polar surface area (TPSA) is 37.3 Å². The molecule has 1 rings (SSSR count). The molecule has 16 heavy (non-hydrogen) atoms. The van der Waals surface area contributed by atoms with E-state index in [4.69, 9.17) is 16.7 Å². The monoisotopic (exact) mass is 244 g/mol. The molecule has 2 nitrogen and oxygen atoms in total. The molecule has 0 spiro atoms. The Morgan fingerprint density at radius 1 is 1.56 bits per heavy atom. The van der Waals surface area contributed by atoms with Gasteiger partial charge in [0, 0.05) is 5.02 Å². The van der Waals surface area contributed by atoms with Crippen molar-refractivity contribution in [1.82, 2.24) is 0 Å². The summed E-state index contributed by atoms with van der Waals surface area (Å²) in [6.07, 6.45) is 0.583. The first-order valence-electron chi connectivity index (χ1n) is 5.06. The van der Waals surface area contributed by atoms with Crippen molar-refractivity contribution in [2.45, 2.75) is 26.7 Å². The van der Waals surface area contributed by atoms with E-state index in [-0.39, 0.29) is 6.42 Å². The van der Waals surface area contributed by atoms with Crippen molar-refractivity contribution in [2.24, 2.45) is 5.41 Å². The second kappa shape index (κ2) is 4.83. The fourth-order valence-electron chi connectivity index (χ4n) is 1.45. The van der Waals surface area contributed by atoms with Gasteiger partial charge in [-0.05, 0) is 43.5 Å². The van der Waals surface area contributed by atoms with Crippen LogP contribution in [0, 0.1) is 11.2 Å². The molecule has 0 aliphatic carbocycles. The second-order valence-corrected chi connectivity index (χ2v) is 4.57. The molecule has 0 radical (unpaired) electrons. The SMILES string of the molecule is CCC(C)(Cc1cc(Cl)ccc1F)C(=O)O. The van der Waals surface area contributed by atoms with Gasteiger partial charge in [0.05, 0.1) is 5.41 Å². The lowest BCUT2D eigenvalue weighted by Gasteiger charge is -2.23. The lowest BCUT2D eigenvalue weighted by Crippen LogP contribution is -2.29. The zero-order valence-corrected chi connectivity index (χ0v) is 10.0. The van der Waals surface area contributed by atoms with Gasteiger partial charge >= 0.3 is 5.97 Å². The summed E-state index contributed by atoms with van der Waals surface area (Å²) in [7, 11) is 0. The Labute approximate surface area is 99.0 Å². The zero-order valence-electron chi connectivity index (χ0n) is 9.26. The van der Waals surface area contributed by atoms with Crippen molar-refractivity contribution < 1.29 is 14.3 Å². The van der Waals surface area contributed by atoms with E-state index in [9.17, 15) is 9.18 Å². The minimum atomic E-state index is -0.953. The van der Waals surface area contributed by atoms with Crippen molar-refractivity contribution >= 4 is 17.6 Å². The summed E-state index contributed by atoms with van der Waals surface area (Å²) in [5, 5.41) is 9.52. The van der Waals surface area contributed by atoms with Crippen LogP contribution < -0.4 is 0 Å². The Kier molecular flexibility index (Phi) is 3.92. The van der Waals surface area contributed by atoms with E-state index in [1.165, 1.54) is 18.2 Å². The molecule has 0 heterocycles. The maximum absolute atomic E-state index is 13.4. The Hall–Kier alpha value is -1.09. The van der Waals surface area contributed by atoms with E-state index in [2.05, 4.69) is 0 Å². The molecular formula is C12H14ClFO2. The van der Waals surface area contributed by atoms with Crippen LogP contribution in [0.5, 0.6) is 0 Å². The van der Waals surface area contributed by atoms with Crippen LogP contribution in [0.4, 0.5) is 4.39 Å². The fourth-order valence-corrected chi connectivity index (χ4v) is 1.65. The van der Waals surface area contributed by atoms with Gasteiger partial charge in [-0.1, -0.05) is 18.5 Å². The van der Waals surface area contributed by atoms with Gasteiger partial charge in [-0.15, -0.1) is 0 Å². The summed E-state index contributed by atoms with van der Waals surface area (Å²) in [5.41, 5.74) is -0.606. The summed E-state index contributed by atoms with van der Waals surface area (Å²) in [6.45, 7) is 3.38. The van der Waals surface area contributed by atoms with E-state index in [1.807, 2.05) is 0 Å². The van der Waals surface area contributed by atoms with Crippen molar-refractivity contribution in [3.8, 4) is 0 Å². The Morgan fingerprint density at radius 3 is 2.69 bits per heavy atom. The number of carboxylic acid groups (broad SMARTS) is 1. The molecule has 0 saturated heterocycles. The van der Waals surface area contributed by atoms with E-state index >= 15 is 0 Å². The molecular weight excluding hydrogens is 231 g/mol. The van der Waals surface area contributed by atoms with Crippen LogP contribution in [-0.4, -0.2) is 11.1 Å². The van der Waals surface area contributed by atoms with Crippen LogP contribution in [0.25, 0.3) is 0 Å². The predicted molar refractivity (Wildman–Crippen MR) is 61.1 cm³/mol. The molecule has 0 aliphatic rings. The predicted octanol–water partition coefficient (Wildman–Crippen LogP) is 3.52. The number of halogens is 2. The molecule has 4 heteroatoms. The highest BCUT2D eigenvalue weighted by Gasteiger charge is 2.32. The highest BCUT2D eigenvalue weighted by Crippen LogP contribution is 2.29. The molecule has 0 bridgehead atoms. The average molecular weight is 245 g/mol. The van der Waals surface area contributed by atoms with E-state index in [0.717, 1.165) is 0 Å². The quantitative estimate of drug-likeness (QED) is 0.880. The number of hydrogen-bond donors (Lipinski definition) is 1. The van der Waals surface area contributed by atoms with Crippen LogP contribution in [0.2, 0.25) is 5.02 Å². The number of hydrogen-bond acceptors (Lipinski definition) is 1. The molecule has 0 saturated carbocycles. The molecule has 1 unspecified atom stereocenters. The zero-order chi connectivity index (χ0) is 12.3. The largest absolute Gasteiger partial charge is 0.481 e. The molecule has 1 N–H and O–H groups in total. The molecule has 0 aromatic heterocycles. The minimum absolute atomic E-state index is 0.144. The average Bonchev–Trinajstić information content (AvgIpc) is 2.23. The van der Waals surface area contributed by atoms with Gasteiger partial charge < -0.3 is 5.11 Å². The van der Waals surface area contributed by atoms with Gasteiger partial charge in [0.1, 0.15) is 5.82 Å². The Bertz CT molecular complexity index is 406. The Morgan fingerprint density at radius 2 is 2.19 bits per heavy atom. The third kappa shape index (κ3) is 2.73. The normalized spacial score (nSPS) is 14.5. The van der Waals surface area contributed by atoms with Crippen LogP contribution in [0.3, 0.4) is 0 Å². The standard InChI is InChI=1S/C12H14ClFO2/c1-3-12(2,11(15)16)7-8-6-9(13)4-5-10(8)14/h4-6H,3,7H2,1-2H3,(H,15,16). The van der Waals surface area contributed by atoms with Gasteiger partial charge in [-0.3, -0.25) is 4.79 Å². The van der Waals surface area contributed by atoms with Crippen LogP contribution in [0.1, 0.15) is 25.8 Å². The molecule has 1 atom stereocenters. The first kappa shape index (κ1) is 13.0. The summed E-state index contributed by atoms with van der Waals surface area (Å²) in [4.78, 5) is 11.1. The van der Waals surface area contributed by atoms with E-state index in [1.54, 1.807) is 13.8 Å². The van der Waals surface area contributed by atoms with Gasteiger partial charge in [-0.2, -0.15) is 0 Å². The molecule has 0 aliphatic heterocycles. The maximum atomic E-state index is 13.4. The molecule has 1 aromatic carbocycles. The van der Waals surface area contributed by atoms with Gasteiger partial charge in [0.2, 0.25) is 0 Å². The summed E-state index contributed by atoms with van der Waals surface area (Å²) >= 11 is 5.75. The fraction of sp³-hybridized carbons (Fsp3) is 0.417. The summed E-state index contributed by atoms with van der Waals surface area (Å²) in [6, 6.07) is 4.19. The van der Waals surface area contributed by atoms with E-state index in [0.29, 0.717) is 17.0 Å². The first-order chi connectivity index (χ1) is 7.39. The molecule has 0 amide bonds. The number of benzene rings is 1. The molecule has 88 valence electrons. The third-order valence-electron chi connectivity index (χ3n) is 2.89. The number of carbonyl (C=O) groups is 1. The van der Waals surface area contributed by atoms with Crippen molar-refractivity contribution in [1.29, 1.82) is 0 Å². The van der Waals surface area contributed by atoms with Crippen LogP contribution in [0.15, 0.2) is 18.2 Å². The van der Waals surface area contributed by atoms with Crippen LogP contribution >= 0.6 is 11.6 Å². The van der Waals surface area contributed by atoms with Gasteiger partial charge in [-0.25, -0.2) is 4.39 Å². The highest BCUT2D eigenvalue weighted by atomic mass is 35.5. The Balaban J connectivity index is 3.03. The lowest BCUT2D eigenvalue weighted by atomic mass is 9.81. The van der Waals surface area contributed by atoms with Crippen molar-refractivity contribution in [2.75, 3.05) is 0 Å². The van der Waals surface area contributed by atoms with Gasteiger partial charge in [0.15, 0.2) is 0 Å². The minimum Gasteiger partial charge on any atom is -0.481 e. The molecule has 0 fully saturated rings. The highest BCUT2D eigenvalue weighted by molar-refractivity contribution is 6.30. The summed E-state index contributed by atoms with van der Waals surface area (Å²) in [5.74, 6) is -1.33. The number of carboxylic acids is 1. The van der Waals surface area contributed by atoms with E-state index < -0.39 is 17.2 Å². The van der Waals surface area contributed by atoms with Crippen molar-refractivity contribution in [3.05, 3.63) is 34.6 Å². The third-order valence-corrected chi connectivity index (χ3v) is 3.12. The van der Waals surface area contributed by atoms with Crippen LogP contribution in [-0.2, 0) is 11.2 Å². The first-order valence-corrected chi connectivity index (χ1v) is 5.44. The second-order valence-electron chi connectivity index (χ2n) is 4.13. The number of rotatable bonds is 4. The summed E-state index contributed by atoms with van der Waals surface area (Å²) < 4.78 is 13.4. The van der Waals surface area contributed by atoms with Gasteiger partial charge in [0.25, 0.3) is 0 Å². The molecule has 1 aromatic rings.